The molecule has 0 saturated carbocycles. The topological polar surface area (TPSA) is 62.3 Å². The number of rotatable bonds is 4. The number of carbonyl (C=O) groups excluding carboxylic acids is 2. The van der Waals surface area contributed by atoms with Gasteiger partial charge in [-0.05, 0) is 43.9 Å². The third-order valence-corrected chi connectivity index (χ3v) is 4.17. The van der Waals surface area contributed by atoms with Gasteiger partial charge in [0.1, 0.15) is 11.4 Å². The van der Waals surface area contributed by atoms with Crippen LogP contribution in [0.2, 0.25) is 0 Å². The second-order valence-corrected chi connectivity index (χ2v) is 6.13. The minimum atomic E-state index is -0.846. The number of nitrogens with one attached hydrogen (secondary N) is 1. The Morgan fingerprint density at radius 1 is 1.45 bits per heavy atom. The normalized spacial score (nSPS) is 21.0. The lowest BCUT2D eigenvalue weighted by Crippen LogP contribution is -2.52. The van der Waals surface area contributed by atoms with Crippen LogP contribution in [0.1, 0.15) is 45.2 Å². The summed E-state index contributed by atoms with van der Waals surface area (Å²) in [7, 11) is 0. The van der Waals surface area contributed by atoms with Crippen LogP contribution in [0.4, 0.5) is 5.82 Å². The van der Waals surface area contributed by atoms with Gasteiger partial charge in [0.15, 0.2) is 0 Å². The van der Waals surface area contributed by atoms with Crippen molar-refractivity contribution >= 4 is 17.6 Å². The van der Waals surface area contributed by atoms with E-state index in [1.807, 2.05) is 12.1 Å². The van der Waals surface area contributed by atoms with E-state index < -0.39 is 5.54 Å². The summed E-state index contributed by atoms with van der Waals surface area (Å²) in [4.78, 5) is 30.6. The highest BCUT2D eigenvalue weighted by Crippen LogP contribution is 2.30. The number of carbonyl (C=O) groups is 2. The number of hydrogen-bond acceptors (Lipinski definition) is 3. The number of pyridine rings is 1. The number of hydrogen-bond donors (Lipinski definition) is 1. The lowest BCUT2D eigenvalue weighted by Gasteiger charge is -2.33. The molecule has 0 aromatic carbocycles. The molecule has 1 aromatic rings. The van der Waals surface area contributed by atoms with E-state index in [0.717, 1.165) is 12.1 Å². The van der Waals surface area contributed by atoms with Crippen LogP contribution >= 0.6 is 0 Å². The first-order valence-electron chi connectivity index (χ1n) is 7.61. The summed E-state index contributed by atoms with van der Waals surface area (Å²) in [5, 5.41) is 2.85. The molecule has 2 heterocycles. The van der Waals surface area contributed by atoms with E-state index in [-0.39, 0.29) is 17.7 Å². The molecule has 5 heteroatoms. The van der Waals surface area contributed by atoms with Crippen LogP contribution in [0, 0.1) is 0 Å². The molecule has 0 radical (unpaired) electrons. The van der Waals surface area contributed by atoms with Gasteiger partial charge in [0.25, 0.3) is 5.91 Å². The van der Waals surface area contributed by atoms with E-state index in [2.05, 4.69) is 30.7 Å². The third kappa shape index (κ3) is 3.03. The van der Waals surface area contributed by atoms with Gasteiger partial charge in [-0.15, -0.1) is 0 Å². The van der Waals surface area contributed by atoms with Gasteiger partial charge in [0, 0.05) is 12.2 Å². The summed E-state index contributed by atoms with van der Waals surface area (Å²) in [5.41, 5.74) is 0.0780. The third-order valence-electron chi connectivity index (χ3n) is 4.17. The second kappa shape index (κ2) is 6.30. The van der Waals surface area contributed by atoms with Crippen molar-refractivity contribution in [1.29, 1.82) is 0 Å². The van der Waals surface area contributed by atoms with Crippen LogP contribution < -0.4 is 5.32 Å². The molecular formula is C17H23N3O2. The van der Waals surface area contributed by atoms with E-state index in [1.54, 1.807) is 17.9 Å². The predicted molar refractivity (Wildman–Crippen MR) is 86.5 cm³/mol. The van der Waals surface area contributed by atoms with Crippen molar-refractivity contribution < 1.29 is 9.59 Å². The number of aromatic nitrogens is 1. The van der Waals surface area contributed by atoms with Crippen molar-refractivity contribution in [2.75, 3.05) is 11.9 Å². The Morgan fingerprint density at radius 2 is 2.18 bits per heavy atom. The zero-order valence-corrected chi connectivity index (χ0v) is 13.4. The molecule has 1 unspecified atom stereocenters. The fourth-order valence-electron chi connectivity index (χ4n) is 2.76. The molecule has 22 heavy (non-hydrogen) atoms. The Morgan fingerprint density at radius 3 is 2.82 bits per heavy atom. The second-order valence-electron chi connectivity index (χ2n) is 6.13. The van der Waals surface area contributed by atoms with Gasteiger partial charge in [0.05, 0.1) is 0 Å². The quantitative estimate of drug-likeness (QED) is 0.870. The van der Waals surface area contributed by atoms with Gasteiger partial charge in [-0.1, -0.05) is 26.5 Å². The van der Waals surface area contributed by atoms with Gasteiger partial charge in [-0.25, -0.2) is 4.98 Å². The minimum absolute atomic E-state index is 0.200. The van der Waals surface area contributed by atoms with Crippen LogP contribution in [0.3, 0.4) is 0 Å². The lowest BCUT2D eigenvalue weighted by molar-refractivity contribution is -0.138. The fourth-order valence-corrected chi connectivity index (χ4v) is 2.76. The van der Waals surface area contributed by atoms with Crippen LogP contribution in [0.15, 0.2) is 30.9 Å². The Bertz CT molecular complexity index is 597. The molecular weight excluding hydrogens is 278 g/mol. The Balaban J connectivity index is 2.19. The van der Waals surface area contributed by atoms with E-state index >= 15 is 0 Å². The highest BCUT2D eigenvalue weighted by molar-refractivity contribution is 6.01. The summed E-state index contributed by atoms with van der Waals surface area (Å²) in [6.07, 6.45) is 2.71. The SMILES string of the molecule is C=CC(=O)N1CCCC1(C)C(=O)Nc1cccc(C(C)C)n1. The van der Waals surface area contributed by atoms with Crippen molar-refractivity contribution in [2.24, 2.45) is 0 Å². The first-order chi connectivity index (χ1) is 10.4. The maximum atomic E-state index is 12.7. The summed E-state index contributed by atoms with van der Waals surface area (Å²) in [6.45, 7) is 9.99. The van der Waals surface area contributed by atoms with Crippen molar-refractivity contribution in [1.82, 2.24) is 9.88 Å². The molecule has 1 aliphatic heterocycles. The first-order valence-corrected chi connectivity index (χ1v) is 7.61. The summed E-state index contributed by atoms with van der Waals surface area (Å²) >= 11 is 0. The van der Waals surface area contributed by atoms with Crippen LogP contribution in [0.25, 0.3) is 0 Å². The Labute approximate surface area is 131 Å². The molecule has 1 saturated heterocycles. The molecule has 1 fully saturated rings. The maximum Gasteiger partial charge on any atom is 0.251 e. The van der Waals surface area contributed by atoms with Crippen molar-refractivity contribution in [3.63, 3.8) is 0 Å². The van der Waals surface area contributed by atoms with Crippen LogP contribution in [0.5, 0.6) is 0 Å². The van der Waals surface area contributed by atoms with Crippen molar-refractivity contribution in [3.05, 3.63) is 36.5 Å². The minimum Gasteiger partial charge on any atom is -0.325 e. The van der Waals surface area contributed by atoms with Crippen molar-refractivity contribution in [2.45, 2.75) is 45.1 Å². The molecule has 1 aromatic heterocycles. The lowest BCUT2D eigenvalue weighted by atomic mass is 9.97. The van der Waals surface area contributed by atoms with Gasteiger partial charge < -0.3 is 10.2 Å². The highest BCUT2D eigenvalue weighted by Gasteiger charge is 2.45. The van der Waals surface area contributed by atoms with Gasteiger partial charge in [-0.2, -0.15) is 0 Å². The fraction of sp³-hybridized carbons (Fsp3) is 0.471. The highest BCUT2D eigenvalue weighted by atomic mass is 16.2. The molecule has 2 rings (SSSR count). The van der Waals surface area contributed by atoms with Crippen molar-refractivity contribution in [3.8, 4) is 0 Å². The molecule has 0 bridgehead atoms. The predicted octanol–water partition coefficient (Wildman–Crippen LogP) is 2.71. The Kier molecular flexibility index (Phi) is 4.64. The van der Waals surface area contributed by atoms with Gasteiger partial charge in [0.2, 0.25) is 5.91 Å². The monoisotopic (exact) mass is 301 g/mol. The zero-order valence-electron chi connectivity index (χ0n) is 13.4. The number of nitrogens with zero attached hydrogens (tertiary/aromatic N) is 2. The molecule has 0 spiro atoms. The largest absolute Gasteiger partial charge is 0.325 e. The molecule has 1 N–H and O–H groups in total. The first kappa shape index (κ1) is 16.2. The van der Waals surface area contributed by atoms with E-state index in [9.17, 15) is 9.59 Å². The molecule has 1 aliphatic rings. The van der Waals surface area contributed by atoms with E-state index in [4.69, 9.17) is 0 Å². The summed E-state index contributed by atoms with van der Waals surface area (Å²) < 4.78 is 0. The standard InChI is InChI=1S/C17H23N3O2/c1-5-15(21)20-11-7-10-17(20,4)16(22)19-14-9-6-8-13(18-14)12(2)3/h5-6,8-9,12H,1,7,10-11H2,2-4H3,(H,18,19,22). The van der Waals surface area contributed by atoms with Gasteiger partial charge in [-0.3, -0.25) is 9.59 Å². The average molecular weight is 301 g/mol. The summed E-state index contributed by atoms with van der Waals surface area (Å²) in [6, 6.07) is 5.58. The zero-order chi connectivity index (χ0) is 16.3. The van der Waals surface area contributed by atoms with E-state index in [1.165, 1.54) is 6.08 Å². The van der Waals surface area contributed by atoms with Crippen LogP contribution in [-0.2, 0) is 9.59 Å². The summed E-state index contributed by atoms with van der Waals surface area (Å²) in [5.74, 6) is 0.403. The Hall–Kier alpha value is -2.17. The molecule has 5 nitrogen and oxygen atoms in total. The number of amides is 2. The smallest absolute Gasteiger partial charge is 0.251 e. The number of anilines is 1. The molecule has 118 valence electrons. The van der Waals surface area contributed by atoms with Crippen LogP contribution in [-0.4, -0.2) is 33.8 Å². The molecule has 2 amide bonds. The average Bonchev–Trinajstić information content (AvgIpc) is 2.90. The number of likely N-dealkylation sites (tertiary alicyclic amines) is 1. The van der Waals surface area contributed by atoms with Gasteiger partial charge >= 0.3 is 0 Å². The molecule has 1 atom stereocenters. The maximum absolute atomic E-state index is 12.7. The van der Waals surface area contributed by atoms with E-state index in [0.29, 0.717) is 18.8 Å². The molecule has 0 aliphatic carbocycles.